The lowest BCUT2D eigenvalue weighted by atomic mass is 10.1. The van der Waals surface area contributed by atoms with Crippen LogP contribution in [-0.4, -0.2) is 6.04 Å². The van der Waals surface area contributed by atoms with Crippen LogP contribution in [0.3, 0.4) is 0 Å². The van der Waals surface area contributed by atoms with Gasteiger partial charge in [0.05, 0.1) is 12.1 Å². The first-order valence-electron chi connectivity index (χ1n) is 4.01. The molecule has 68 valence electrons. The highest BCUT2D eigenvalue weighted by Gasteiger charge is 1.93. The minimum absolute atomic E-state index is 0.425. The second-order valence-electron chi connectivity index (χ2n) is 2.48. The molecule has 0 amide bonds. The summed E-state index contributed by atoms with van der Waals surface area (Å²) in [6.45, 7) is 7.21. The number of nitrogens with zero attached hydrogens (tertiary/aromatic N) is 1. The van der Waals surface area contributed by atoms with Crippen molar-refractivity contribution in [2.45, 2.75) is 12.5 Å². The lowest BCUT2D eigenvalue weighted by Gasteiger charge is -1.95. The number of allylic oxidation sites excluding steroid dienone is 5. The number of nitrogens with two attached hydrogens (primary N) is 1. The van der Waals surface area contributed by atoms with E-state index in [2.05, 4.69) is 13.2 Å². The van der Waals surface area contributed by atoms with Crippen LogP contribution in [0.5, 0.6) is 0 Å². The van der Waals surface area contributed by atoms with Gasteiger partial charge in [-0.1, -0.05) is 43.5 Å². The Bertz CT molecular complexity index is 266. The molecule has 0 bridgehead atoms. The Kier molecular flexibility index (Phi) is 6.21. The zero-order valence-electron chi connectivity index (χ0n) is 7.61. The number of hydrogen-bond donors (Lipinski definition) is 1. The smallest absolute Gasteiger partial charge is 0.0962 e. The van der Waals surface area contributed by atoms with Crippen LogP contribution in [0.25, 0.3) is 0 Å². The average Bonchev–Trinajstić information content (AvgIpc) is 2.16. The molecule has 2 nitrogen and oxygen atoms in total. The molecule has 0 saturated carbocycles. The molecule has 0 aliphatic heterocycles. The Morgan fingerprint density at radius 3 is 2.69 bits per heavy atom. The third kappa shape index (κ3) is 5.66. The number of nitriles is 1. The van der Waals surface area contributed by atoms with E-state index in [4.69, 9.17) is 11.0 Å². The van der Waals surface area contributed by atoms with Gasteiger partial charge in [-0.15, -0.1) is 0 Å². The predicted octanol–water partition coefficient (Wildman–Crippen LogP) is 2.08. The Morgan fingerprint density at radius 1 is 1.54 bits per heavy atom. The Hall–Kier alpha value is -1.59. The average molecular weight is 174 g/mol. The molecule has 0 heterocycles. The summed E-state index contributed by atoms with van der Waals surface area (Å²) in [4.78, 5) is 0. The van der Waals surface area contributed by atoms with Gasteiger partial charge in [0.25, 0.3) is 0 Å². The highest BCUT2D eigenvalue weighted by Crippen LogP contribution is 2.00. The summed E-state index contributed by atoms with van der Waals surface area (Å²) in [5.74, 6) is 0. The van der Waals surface area contributed by atoms with Crippen molar-refractivity contribution >= 4 is 0 Å². The molecule has 2 N–H and O–H groups in total. The molecule has 0 fully saturated rings. The summed E-state index contributed by atoms with van der Waals surface area (Å²) >= 11 is 0. The van der Waals surface area contributed by atoms with Crippen molar-refractivity contribution in [1.29, 1.82) is 5.26 Å². The van der Waals surface area contributed by atoms with Crippen molar-refractivity contribution in [3.05, 3.63) is 49.1 Å². The summed E-state index contributed by atoms with van der Waals surface area (Å²) in [5.41, 5.74) is 6.36. The Morgan fingerprint density at radius 2 is 2.23 bits per heavy atom. The molecule has 2 heteroatoms. The molecule has 13 heavy (non-hydrogen) atoms. The first-order chi connectivity index (χ1) is 6.24. The highest BCUT2D eigenvalue weighted by molar-refractivity contribution is 5.32. The van der Waals surface area contributed by atoms with Gasteiger partial charge in [-0.3, -0.25) is 0 Å². The van der Waals surface area contributed by atoms with E-state index >= 15 is 0 Å². The van der Waals surface area contributed by atoms with Crippen molar-refractivity contribution < 1.29 is 0 Å². The third-order valence-corrected chi connectivity index (χ3v) is 1.41. The van der Waals surface area contributed by atoms with E-state index in [0.29, 0.717) is 6.42 Å². The van der Waals surface area contributed by atoms with Crippen molar-refractivity contribution in [3.8, 4) is 6.07 Å². The maximum atomic E-state index is 8.40. The minimum atomic E-state index is -0.425. The molecule has 0 aromatic rings. The molecule has 0 aliphatic carbocycles. The molecule has 1 atom stereocenters. The van der Waals surface area contributed by atoms with E-state index in [9.17, 15) is 0 Å². The van der Waals surface area contributed by atoms with Crippen molar-refractivity contribution in [2.75, 3.05) is 0 Å². The fourth-order valence-corrected chi connectivity index (χ4v) is 0.731. The zero-order valence-corrected chi connectivity index (χ0v) is 7.61. The van der Waals surface area contributed by atoms with Gasteiger partial charge in [0, 0.05) is 0 Å². The standard InChI is InChI=1S/C11H14N2/c1-3-6-10(4-2)7-5-8-11(13)9-12/h3-7,11H,1-2,8,13H2/b7-5+,10-6+. The molecule has 0 rings (SSSR count). The van der Waals surface area contributed by atoms with E-state index < -0.39 is 6.04 Å². The van der Waals surface area contributed by atoms with Crippen LogP contribution in [0.4, 0.5) is 0 Å². The summed E-state index contributed by atoms with van der Waals surface area (Å²) in [7, 11) is 0. The Labute approximate surface area is 79.4 Å². The second kappa shape index (κ2) is 7.08. The minimum Gasteiger partial charge on any atom is -0.316 e. The molecule has 0 aromatic carbocycles. The normalized spacial score (nSPS) is 13.7. The zero-order chi connectivity index (χ0) is 10.1. The number of rotatable bonds is 5. The quantitative estimate of drug-likeness (QED) is 0.649. The molecule has 0 saturated heterocycles. The Balaban J connectivity index is 4.10. The molecule has 1 unspecified atom stereocenters. The summed E-state index contributed by atoms with van der Waals surface area (Å²) in [5, 5.41) is 8.40. The van der Waals surface area contributed by atoms with Gasteiger partial charge in [-0.2, -0.15) is 5.26 Å². The summed E-state index contributed by atoms with van der Waals surface area (Å²) in [6, 6.07) is 1.52. The monoisotopic (exact) mass is 174 g/mol. The predicted molar refractivity (Wildman–Crippen MR) is 55.8 cm³/mol. The molecule has 0 aromatic heterocycles. The van der Waals surface area contributed by atoms with Crippen LogP contribution < -0.4 is 5.73 Å². The molecule has 0 spiro atoms. The fraction of sp³-hybridized carbons (Fsp3) is 0.182. The van der Waals surface area contributed by atoms with Gasteiger partial charge in [-0.25, -0.2) is 0 Å². The largest absolute Gasteiger partial charge is 0.316 e. The van der Waals surface area contributed by atoms with Gasteiger partial charge in [0.15, 0.2) is 0 Å². The second-order valence-corrected chi connectivity index (χ2v) is 2.48. The van der Waals surface area contributed by atoms with Gasteiger partial charge < -0.3 is 5.73 Å². The maximum absolute atomic E-state index is 8.40. The van der Waals surface area contributed by atoms with E-state index in [1.54, 1.807) is 12.2 Å². The van der Waals surface area contributed by atoms with Crippen LogP contribution in [0.2, 0.25) is 0 Å². The maximum Gasteiger partial charge on any atom is 0.0962 e. The van der Waals surface area contributed by atoms with Crippen LogP contribution in [0.15, 0.2) is 49.1 Å². The fourth-order valence-electron chi connectivity index (χ4n) is 0.731. The lowest BCUT2D eigenvalue weighted by molar-refractivity contribution is 0.847. The van der Waals surface area contributed by atoms with Gasteiger partial charge in [0.1, 0.15) is 0 Å². The van der Waals surface area contributed by atoms with E-state index in [1.807, 2.05) is 24.3 Å². The SMILES string of the molecule is C=C/C=C(C=C)/C=C/CC(N)C#N. The first kappa shape index (κ1) is 11.4. The highest BCUT2D eigenvalue weighted by atomic mass is 14.6. The van der Waals surface area contributed by atoms with E-state index in [-0.39, 0.29) is 0 Å². The van der Waals surface area contributed by atoms with Crippen LogP contribution >= 0.6 is 0 Å². The van der Waals surface area contributed by atoms with Crippen LogP contribution in [0, 0.1) is 11.3 Å². The van der Waals surface area contributed by atoms with Crippen LogP contribution in [0.1, 0.15) is 6.42 Å². The lowest BCUT2D eigenvalue weighted by Crippen LogP contribution is -2.15. The first-order valence-corrected chi connectivity index (χ1v) is 4.01. The molecule has 0 radical (unpaired) electrons. The number of hydrogen-bond acceptors (Lipinski definition) is 2. The van der Waals surface area contributed by atoms with Gasteiger partial charge in [0.2, 0.25) is 0 Å². The molecule has 0 aliphatic rings. The van der Waals surface area contributed by atoms with E-state index in [1.165, 1.54) is 0 Å². The summed E-state index contributed by atoms with van der Waals surface area (Å²) in [6.07, 6.45) is 9.51. The van der Waals surface area contributed by atoms with Gasteiger partial charge >= 0.3 is 0 Å². The topological polar surface area (TPSA) is 49.8 Å². The van der Waals surface area contributed by atoms with E-state index in [0.717, 1.165) is 5.57 Å². The molecular formula is C11H14N2. The van der Waals surface area contributed by atoms with Crippen molar-refractivity contribution in [2.24, 2.45) is 5.73 Å². The molecular weight excluding hydrogens is 160 g/mol. The van der Waals surface area contributed by atoms with Crippen molar-refractivity contribution in [3.63, 3.8) is 0 Å². The summed E-state index contributed by atoms with van der Waals surface area (Å²) < 4.78 is 0. The van der Waals surface area contributed by atoms with Crippen molar-refractivity contribution in [1.82, 2.24) is 0 Å². The van der Waals surface area contributed by atoms with Gasteiger partial charge in [-0.05, 0) is 12.0 Å². The van der Waals surface area contributed by atoms with Crippen LogP contribution in [-0.2, 0) is 0 Å². The third-order valence-electron chi connectivity index (χ3n) is 1.41.